The molecule has 0 radical (unpaired) electrons. The van der Waals surface area contributed by atoms with Crippen molar-refractivity contribution in [3.8, 4) is 5.75 Å². The second kappa shape index (κ2) is 7.06. The summed E-state index contributed by atoms with van der Waals surface area (Å²) in [6, 6.07) is 5.17. The molecule has 0 saturated carbocycles. The topological polar surface area (TPSA) is 64.4 Å². The van der Waals surface area contributed by atoms with Crippen molar-refractivity contribution in [1.29, 1.82) is 0 Å². The monoisotopic (exact) mass is 254 g/mol. The SMILES string of the molecule is CCSCCC(=O)Nc1ccc(N)cc1OC. The first-order chi connectivity index (χ1) is 8.17. The Bertz CT molecular complexity index is 383. The van der Waals surface area contributed by atoms with Crippen molar-refractivity contribution in [2.24, 2.45) is 0 Å². The summed E-state index contributed by atoms with van der Waals surface area (Å²) in [5.74, 6) is 2.44. The van der Waals surface area contributed by atoms with Crippen molar-refractivity contribution in [1.82, 2.24) is 0 Å². The highest BCUT2D eigenvalue weighted by atomic mass is 32.2. The predicted molar refractivity (Wildman–Crippen MR) is 73.7 cm³/mol. The molecule has 1 amide bonds. The number of carbonyl (C=O) groups is 1. The molecule has 17 heavy (non-hydrogen) atoms. The first-order valence-electron chi connectivity index (χ1n) is 5.48. The largest absolute Gasteiger partial charge is 0.494 e. The van der Waals surface area contributed by atoms with Crippen LogP contribution in [0.2, 0.25) is 0 Å². The van der Waals surface area contributed by atoms with E-state index in [1.807, 2.05) is 0 Å². The van der Waals surface area contributed by atoms with Gasteiger partial charge in [-0.1, -0.05) is 6.92 Å². The van der Waals surface area contributed by atoms with Crippen LogP contribution in [0.15, 0.2) is 18.2 Å². The standard InChI is InChI=1S/C12H18N2O2S/c1-3-17-7-6-12(15)14-10-5-4-9(13)8-11(10)16-2/h4-5,8H,3,6-7,13H2,1-2H3,(H,14,15). The Morgan fingerprint density at radius 1 is 1.53 bits per heavy atom. The molecule has 0 unspecified atom stereocenters. The summed E-state index contributed by atoms with van der Waals surface area (Å²) in [5, 5.41) is 2.81. The summed E-state index contributed by atoms with van der Waals surface area (Å²) in [4.78, 5) is 11.6. The number of benzene rings is 1. The summed E-state index contributed by atoms with van der Waals surface area (Å²) in [5.41, 5.74) is 6.91. The number of amides is 1. The molecular weight excluding hydrogens is 236 g/mol. The molecular formula is C12H18N2O2S. The van der Waals surface area contributed by atoms with E-state index >= 15 is 0 Å². The maximum atomic E-state index is 11.6. The van der Waals surface area contributed by atoms with Crippen LogP contribution in [-0.2, 0) is 4.79 Å². The van der Waals surface area contributed by atoms with Gasteiger partial charge in [-0.3, -0.25) is 4.79 Å². The third-order valence-electron chi connectivity index (χ3n) is 2.18. The zero-order valence-corrected chi connectivity index (χ0v) is 11.0. The molecule has 0 aliphatic rings. The Labute approximate surface area is 106 Å². The maximum absolute atomic E-state index is 11.6. The van der Waals surface area contributed by atoms with Crippen molar-refractivity contribution < 1.29 is 9.53 Å². The van der Waals surface area contributed by atoms with Crippen LogP contribution < -0.4 is 15.8 Å². The Morgan fingerprint density at radius 2 is 2.29 bits per heavy atom. The van der Waals surface area contributed by atoms with Crippen molar-refractivity contribution in [2.75, 3.05) is 29.7 Å². The molecule has 1 aromatic rings. The summed E-state index contributed by atoms with van der Waals surface area (Å²) >= 11 is 1.75. The molecule has 0 spiro atoms. The van der Waals surface area contributed by atoms with Crippen molar-refractivity contribution in [3.05, 3.63) is 18.2 Å². The average Bonchev–Trinajstić information content (AvgIpc) is 2.32. The minimum Gasteiger partial charge on any atom is -0.494 e. The minimum absolute atomic E-state index is 0.00554. The molecule has 0 heterocycles. The molecule has 0 fully saturated rings. The van der Waals surface area contributed by atoms with Gasteiger partial charge in [-0.05, 0) is 17.9 Å². The van der Waals surface area contributed by atoms with Gasteiger partial charge >= 0.3 is 0 Å². The molecule has 4 nitrogen and oxygen atoms in total. The van der Waals surface area contributed by atoms with Gasteiger partial charge in [0, 0.05) is 23.9 Å². The third kappa shape index (κ3) is 4.56. The first-order valence-corrected chi connectivity index (χ1v) is 6.64. The van der Waals surface area contributed by atoms with Gasteiger partial charge in [-0.25, -0.2) is 0 Å². The summed E-state index contributed by atoms with van der Waals surface area (Å²) < 4.78 is 5.15. The van der Waals surface area contributed by atoms with Crippen LogP contribution in [0.4, 0.5) is 11.4 Å². The molecule has 0 aliphatic carbocycles. The molecule has 1 aromatic carbocycles. The number of nitrogens with one attached hydrogen (secondary N) is 1. The molecule has 0 aliphatic heterocycles. The average molecular weight is 254 g/mol. The van der Waals surface area contributed by atoms with E-state index in [0.29, 0.717) is 23.5 Å². The number of anilines is 2. The number of carbonyl (C=O) groups excluding carboxylic acids is 1. The highest BCUT2D eigenvalue weighted by molar-refractivity contribution is 7.99. The number of ether oxygens (including phenoxy) is 1. The number of nitrogen functional groups attached to an aromatic ring is 1. The Kier molecular flexibility index (Phi) is 5.69. The van der Waals surface area contributed by atoms with E-state index in [2.05, 4.69) is 12.2 Å². The Morgan fingerprint density at radius 3 is 2.94 bits per heavy atom. The van der Waals surface area contributed by atoms with Gasteiger partial charge < -0.3 is 15.8 Å². The van der Waals surface area contributed by atoms with Crippen molar-refractivity contribution in [2.45, 2.75) is 13.3 Å². The molecule has 0 atom stereocenters. The third-order valence-corrected chi connectivity index (χ3v) is 3.08. The second-order valence-electron chi connectivity index (χ2n) is 3.45. The lowest BCUT2D eigenvalue weighted by molar-refractivity contribution is -0.115. The van der Waals surface area contributed by atoms with Gasteiger partial charge in [-0.15, -0.1) is 0 Å². The zero-order chi connectivity index (χ0) is 12.7. The van der Waals surface area contributed by atoms with E-state index in [0.717, 1.165) is 11.5 Å². The number of hydrogen-bond acceptors (Lipinski definition) is 4. The van der Waals surface area contributed by atoms with Gasteiger partial charge in [0.2, 0.25) is 5.91 Å². The fourth-order valence-corrected chi connectivity index (χ4v) is 1.95. The van der Waals surface area contributed by atoms with Crippen LogP contribution in [0.3, 0.4) is 0 Å². The molecule has 94 valence electrons. The summed E-state index contributed by atoms with van der Waals surface area (Å²) in [6.07, 6.45) is 0.506. The van der Waals surface area contributed by atoms with E-state index in [9.17, 15) is 4.79 Å². The molecule has 5 heteroatoms. The molecule has 1 rings (SSSR count). The second-order valence-corrected chi connectivity index (χ2v) is 4.85. The highest BCUT2D eigenvalue weighted by Crippen LogP contribution is 2.26. The lowest BCUT2D eigenvalue weighted by Crippen LogP contribution is -2.13. The van der Waals surface area contributed by atoms with Crippen LogP contribution in [0, 0.1) is 0 Å². The fraction of sp³-hybridized carbons (Fsp3) is 0.417. The van der Waals surface area contributed by atoms with E-state index in [-0.39, 0.29) is 5.91 Å². The van der Waals surface area contributed by atoms with Crippen molar-refractivity contribution in [3.63, 3.8) is 0 Å². The Hall–Kier alpha value is -1.36. The molecule has 0 saturated heterocycles. The summed E-state index contributed by atoms with van der Waals surface area (Å²) in [7, 11) is 1.55. The highest BCUT2D eigenvalue weighted by Gasteiger charge is 2.07. The van der Waals surface area contributed by atoms with Gasteiger partial charge in [0.15, 0.2) is 0 Å². The van der Waals surface area contributed by atoms with Crippen LogP contribution in [-0.4, -0.2) is 24.5 Å². The number of hydrogen-bond donors (Lipinski definition) is 2. The van der Waals surface area contributed by atoms with E-state index in [1.54, 1.807) is 37.1 Å². The Balaban J connectivity index is 2.58. The maximum Gasteiger partial charge on any atom is 0.225 e. The van der Waals surface area contributed by atoms with Crippen molar-refractivity contribution >= 4 is 29.0 Å². The zero-order valence-electron chi connectivity index (χ0n) is 10.2. The van der Waals surface area contributed by atoms with E-state index < -0.39 is 0 Å². The van der Waals surface area contributed by atoms with Gasteiger partial charge in [0.05, 0.1) is 12.8 Å². The molecule has 0 aromatic heterocycles. The fourth-order valence-electron chi connectivity index (χ4n) is 1.33. The number of methoxy groups -OCH3 is 1. The van der Waals surface area contributed by atoms with E-state index in [4.69, 9.17) is 10.5 Å². The molecule has 0 bridgehead atoms. The number of thioether (sulfide) groups is 1. The number of rotatable bonds is 6. The van der Waals surface area contributed by atoms with Gasteiger partial charge in [0.25, 0.3) is 0 Å². The van der Waals surface area contributed by atoms with E-state index in [1.165, 1.54) is 0 Å². The minimum atomic E-state index is -0.00554. The van der Waals surface area contributed by atoms with Crippen LogP contribution in [0.5, 0.6) is 5.75 Å². The smallest absolute Gasteiger partial charge is 0.225 e. The predicted octanol–water partition coefficient (Wildman–Crippen LogP) is 2.36. The normalized spacial score (nSPS) is 10.0. The lowest BCUT2D eigenvalue weighted by atomic mass is 10.2. The number of nitrogens with two attached hydrogens (primary N) is 1. The molecule has 3 N–H and O–H groups in total. The lowest BCUT2D eigenvalue weighted by Gasteiger charge is -2.10. The van der Waals surface area contributed by atoms with Crippen LogP contribution in [0.25, 0.3) is 0 Å². The van der Waals surface area contributed by atoms with Crippen LogP contribution in [0.1, 0.15) is 13.3 Å². The summed E-state index contributed by atoms with van der Waals surface area (Å²) in [6.45, 7) is 2.07. The van der Waals surface area contributed by atoms with Crippen LogP contribution >= 0.6 is 11.8 Å². The van der Waals surface area contributed by atoms with Gasteiger partial charge in [0.1, 0.15) is 5.75 Å². The van der Waals surface area contributed by atoms with Gasteiger partial charge in [-0.2, -0.15) is 11.8 Å². The quantitative estimate of drug-likeness (QED) is 0.604. The first kappa shape index (κ1) is 13.7.